The van der Waals surface area contributed by atoms with Crippen LogP contribution in [0.4, 0.5) is 0 Å². The molecule has 0 aliphatic rings. The maximum absolute atomic E-state index is 10.3. The predicted octanol–water partition coefficient (Wildman–Crippen LogP) is 14.7. The minimum atomic E-state index is 0.512. The zero-order chi connectivity index (χ0) is 46.8. The summed E-state index contributed by atoms with van der Waals surface area (Å²) in [5.74, 6) is 0.579. The van der Waals surface area contributed by atoms with Gasteiger partial charge in [-0.05, 0) is 124 Å². The number of nitrogens with zero attached hydrogens (tertiary/aromatic N) is 7. The van der Waals surface area contributed by atoms with Crippen LogP contribution in [0.25, 0.3) is 106 Å². The predicted molar refractivity (Wildman–Crippen MR) is 273 cm³/mol. The van der Waals surface area contributed by atoms with Crippen molar-refractivity contribution in [1.82, 2.24) is 14.5 Å². The molecule has 0 aliphatic heterocycles. The first kappa shape index (κ1) is 41.5. The van der Waals surface area contributed by atoms with Crippen LogP contribution in [0.5, 0.6) is 0 Å². The zero-order valence-corrected chi connectivity index (χ0v) is 36.8. The van der Waals surface area contributed by atoms with E-state index in [1.165, 1.54) is 0 Å². The largest absolute Gasteiger partial charge is 0.308 e. The second-order valence-corrected chi connectivity index (χ2v) is 16.7. The maximum atomic E-state index is 10.3. The standard InChI is InChI=1S/C62H35N7/c63-36-40-17-21-44(22-18-40)48-25-27-59-55(31-48)56-32-49(45-23-19-41(37-64)20-24-45)26-28-60(56)69(59)61-53(50-15-7-9-42(29-50)38-65)33-52(34-54(61)51-16-8-10-43(30-51)39-66)58-35-57(46-11-3-1-4-12-46)67-62(68-58)47-13-5-2-6-14-47/h1-35H. The maximum Gasteiger partial charge on any atom is 0.160 e. The van der Waals surface area contributed by atoms with Gasteiger partial charge < -0.3 is 4.57 Å². The number of aromatic nitrogens is 3. The highest BCUT2D eigenvalue weighted by Crippen LogP contribution is 2.46. The van der Waals surface area contributed by atoms with E-state index in [9.17, 15) is 21.0 Å². The Morgan fingerprint density at radius 2 is 0.725 bits per heavy atom. The molecule has 69 heavy (non-hydrogen) atoms. The smallest absolute Gasteiger partial charge is 0.160 e. The lowest BCUT2D eigenvalue weighted by Gasteiger charge is -2.21. The molecule has 0 aliphatic carbocycles. The quantitative estimate of drug-likeness (QED) is 0.150. The number of hydrogen-bond donors (Lipinski definition) is 0. The Bertz CT molecular complexity index is 3720. The van der Waals surface area contributed by atoms with E-state index in [2.05, 4.69) is 77.4 Å². The lowest BCUT2D eigenvalue weighted by Crippen LogP contribution is -2.03. The van der Waals surface area contributed by atoms with E-state index in [1.807, 2.05) is 164 Å². The van der Waals surface area contributed by atoms with Gasteiger partial charge in [0.05, 0.1) is 74.6 Å². The third kappa shape index (κ3) is 7.82. The topological polar surface area (TPSA) is 126 Å². The monoisotopic (exact) mass is 877 g/mol. The summed E-state index contributed by atoms with van der Waals surface area (Å²) in [5.41, 5.74) is 16.3. The van der Waals surface area contributed by atoms with Crippen LogP contribution in [-0.4, -0.2) is 14.5 Å². The molecular formula is C62H35N7. The van der Waals surface area contributed by atoms with E-state index in [4.69, 9.17) is 9.97 Å². The van der Waals surface area contributed by atoms with Crippen molar-refractivity contribution >= 4 is 21.8 Å². The molecule has 0 saturated carbocycles. The van der Waals surface area contributed by atoms with Gasteiger partial charge in [-0.2, -0.15) is 21.0 Å². The fourth-order valence-corrected chi connectivity index (χ4v) is 9.14. The fourth-order valence-electron chi connectivity index (χ4n) is 9.14. The highest BCUT2D eigenvalue weighted by molar-refractivity contribution is 6.13. The first-order chi connectivity index (χ1) is 34.0. The summed E-state index contributed by atoms with van der Waals surface area (Å²) in [6.07, 6.45) is 0. The van der Waals surface area contributed by atoms with Crippen LogP contribution in [0.1, 0.15) is 22.3 Å². The molecular weight excluding hydrogens is 843 g/mol. The Labute approximate surface area is 398 Å². The molecule has 0 bridgehead atoms. The second-order valence-electron chi connectivity index (χ2n) is 16.7. The van der Waals surface area contributed by atoms with Gasteiger partial charge in [0.2, 0.25) is 0 Å². The lowest BCUT2D eigenvalue weighted by atomic mass is 9.90. The Morgan fingerprint density at radius 3 is 1.19 bits per heavy atom. The van der Waals surface area contributed by atoms with Crippen LogP contribution in [0.3, 0.4) is 0 Å². The number of hydrogen-bond acceptors (Lipinski definition) is 6. The summed E-state index contributed by atoms with van der Waals surface area (Å²) >= 11 is 0. The van der Waals surface area contributed by atoms with Crippen LogP contribution in [0.15, 0.2) is 212 Å². The van der Waals surface area contributed by atoms with Gasteiger partial charge in [0.1, 0.15) is 0 Å². The van der Waals surface area contributed by atoms with Crippen LogP contribution in [-0.2, 0) is 0 Å². The zero-order valence-electron chi connectivity index (χ0n) is 36.8. The molecule has 9 aromatic carbocycles. The molecule has 2 heterocycles. The third-order valence-corrected chi connectivity index (χ3v) is 12.5. The van der Waals surface area contributed by atoms with Gasteiger partial charge in [0.25, 0.3) is 0 Å². The van der Waals surface area contributed by atoms with Crippen LogP contribution < -0.4 is 0 Å². The van der Waals surface area contributed by atoms with E-state index in [0.717, 1.165) is 94.4 Å². The van der Waals surface area contributed by atoms with Crippen molar-refractivity contribution in [3.8, 4) is 108 Å². The van der Waals surface area contributed by atoms with Crippen molar-refractivity contribution in [1.29, 1.82) is 21.0 Å². The molecule has 0 radical (unpaired) electrons. The molecule has 11 rings (SSSR count). The van der Waals surface area contributed by atoms with Crippen molar-refractivity contribution < 1.29 is 0 Å². The second kappa shape index (κ2) is 17.7. The minimum absolute atomic E-state index is 0.512. The number of benzene rings is 9. The molecule has 0 amide bonds. The van der Waals surface area contributed by atoms with Gasteiger partial charge in [-0.25, -0.2) is 9.97 Å². The van der Waals surface area contributed by atoms with Gasteiger partial charge in [-0.3, -0.25) is 0 Å². The van der Waals surface area contributed by atoms with Crippen molar-refractivity contribution in [2.24, 2.45) is 0 Å². The lowest BCUT2D eigenvalue weighted by molar-refractivity contribution is 1.17. The summed E-state index contributed by atoms with van der Waals surface area (Å²) in [7, 11) is 0. The average molecular weight is 878 g/mol. The van der Waals surface area contributed by atoms with Crippen molar-refractivity contribution in [2.75, 3.05) is 0 Å². The van der Waals surface area contributed by atoms with Gasteiger partial charge in [0.15, 0.2) is 5.82 Å². The molecule has 0 unspecified atom stereocenters. The Morgan fingerprint density at radius 1 is 0.304 bits per heavy atom. The molecule has 7 nitrogen and oxygen atoms in total. The van der Waals surface area contributed by atoms with Gasteiger partial charge in [-0.1, -0.05) is 121 Å². The molecule has 0 fully saturated rings. The highest BCUT2D eigenvalue weighted by Gasteiger charge is 2.24. The number of fused-ring (bicyclic) bond motifs is 3. The summed E-state index contributed by atoms with van der Waals surface area (Å²) in [6, 6.07) is 79.1. The number of nitriles is 4. The van der Waals surface area contributed by atoms with Gasteiger partial charge >= 0.3 is 0 Å². The van der Waals surface area contributed by atoms with Gasteiger partial charge in [-0.15, -0.1) is 0 Å². The van der Waals surface area contributed by atoms with Crippen LogP contribution >= 0.6 is 0 Å². The van der Waals surface area contributed by atoms with E-state index in [-0.39, 0.29) is 0 Å². The number of rotatable bonds is 8. The molecule has 11 aromatic rings. The summed E-state index contributed by atoms with van der Waals surface area (Å²) in [5, 5.41) is 41.8. The van der Waals surface area contributed by atoms with Crippen molar-refractivity contribution in [2.45, 2.75) is 0 Å². The molecule has 7 heteroatoms. The Kier molecular flexibility index (Phi) is 10.6. The summed E-state index contributed by atoms with van der Waals surface area (Å²) < 4.78 is 2.30. The van der Waals surface area contributed by atoms with E-state index >= 15 is 0 Å². The summed E-state index contributed by atoms with van der Waals surface area (Å²) in [4.78, 5) is 10.4. The molecule has 0 spiro atoms. The van der Waals surface area contributed by atoms with Crippen LogP contribution in [0.2, 0.25) is 0 Å². The average Bonchev–Trinajstić information content (AvgIpc) is 3.75. The summed E-state index contributed by atoms with van der Waals surface area (Å²) in [6.45, 7) is 0. The van der Waals surface area contributed by atoms with Gasteiger partial charge in [0, 0.05) is 38.6 Å². The Balaban J connectivity index is 1.26. The first-order valence-corrected chi connectivity index (χ1v) is 22.3. The van der Waals surface area contributed by atoms with Crippen molar-refractivity contribution in [3.05, 3.63) is 235 Å². The van der Waals surface area contributed by atoms with E-state index < -0.39 is 0 Å². The third-order valence-electron chi connectivity index (χ3n) is 12.5. The molecule has 318 valence electrons. The molecule has 2 aromatic heterocycles. The molecule has 0 N–H and O–H groups in total. The minimum Gasteiger partial charge on any atom is -0.308 e. The fraction of sp³-hybridized carbons (Fsp3) is 0. The Hall–Kier alpha value is -10.2. The van der Waals surface area contributed by atoms with Crippen LogP contribution in [0, 0.1) is 45.3 Å². The van der Waals surface area contributed by atoms with E-state index in [0.29, 0.717) is 33.8 Å². The van der Waals surface area contributed by atoms with E-state index in [1.54, 1.807) is 0 Å². The SMILES string of the molecule is N#Cc1ccc(-c2ccc3c(c2)c2cc(-c4ccc(C#N)cc4)ccc2n3-c2c(-c3cccc(C#N)c3)cc(-c3cc(-c4ccccc4)nc(-c4ccccc4)n3)cc2-c2cccc(C#N)c2)cc1. The molecule has 0 saturated heterocycles. The normalized spacial score (nSPS) is 10.8. The highest BCUT2D eigenvalue weighted by atomic mass is 15.0. The molecule has 0 atom stereocenters. The first-order valence-electron chi connectivity index (χ1n) is 22.3. The van der Waals surface area contributed by atoms with Crippen molar-refractivity contribution in [3.63, 3.8) is 0 Å².